The van der Waals surface area contributed by atoms with Crippen LogP contribution in [0.5, 0.6) is 0 Å². The number of aryl methyl sites for hydroxylation is 1. The van der Waals surface area contributed by atoms with E-state index in [1.54, 1.807) is 35.6 Å². The summed E-state index contributed by atoms with van der Waals surface area (Å²) in [6, 6.07) is 5.96. The van der Waals surface area contributed by atoms with E-state index in [4.69, 9.17) is 0 Å². The molecule has 1 fully saturated rings. The lowest BCUT2D eigenvalue weighted by atomic mass is 10.1. The van der Waals surface area contributed by atoms with Crippen LogP contribution in [0.1, 0.15) is 32.2 Å². The number of hydrogen-bond donors (Lipinski definition) is 0. The summed E-state index contributed by atoms with van der Waals surface area (Å²) in [6.45, 7) is 6.02. The molecule has 0 unspecified atom stereocenters. The Morgan fingerprint density at radius 2 is 1.91 bits per heavy atom. The fourth-order valence-electron chi connectivity index (χ4n) is 4.03. The van der Waals surface area contributed by atoms with Gasteiger partial charge in [-0.3, -0.25) is 24.5 Å². The molecule has 0 N–H and O–H groups in total. The lowest BCUT2D eigenvalue weighted by Crippen LogP contribution is -2.48. The highest BCUT2D eigenvalue weighted by Gasteiger charge is 2.25. The second-order valence-corrected chi connectivity index (χ2v) is 8.95. The van der Waals surface area contributed by atoms with Gasteiger partial charge in [0, 0.05) is 38.3 Å². The number of rotatable bonds is 6. The molecule has 33 heavy (non-hydrogen) atoms. The van der Waals surface area contributed by atoms with Crippen molar-refractivity contribution in [2.75, 3.05) is 26.2 Å². The number of halogens is 2. The second-order valence-electron chi connectivity index (χ2n) is 8.03. The number of carbonyl (C=O) groups excluding carboxylic acids is 1. The zero-order chi connectivity index (χ0) is 23.7. The molecule has 1 aliphatic rings. The van der Waals surface area contributed by atoms with Gasteiger partial charge in [-0.05, 0) is 36.9 Å². The minimum atomic E-state index is -0.857. The molecule has 1 aliphatic heterocycles. The van der Waals surface area contributed by atoms with Crippen LogP contribution in [0.3, 0.4) is 0 Å². The van der Waals surface area contributed by atoms with Crippen LogP contribution in [-0.4, -0.2) is 56.6 Å². The molecular formula is C22H23F2N5O3S. The number of nitro groups is 1. The van der Waals surface area contributed by atoms with E-state index in [1.807, 2.05) is 10.3 Å². The van der Waals surface area contributed by atoms with Gasteiger partial charge in [0.15, 0.2) is 11.6 Å². The molecule has 1 amide bonds. The summed E-state index contributed by atoms with van der Waals surface area (Å²) < 4.78 is 28.9. The quantitative estimate of drug-likeness (QED) is 0.401. The molecule has 11 heteroatoms. The van der Waals surface area contributed by atoms with Gasteiger partial charge in [0.2, 0.25) is 0 Å². The molecule has 0 radical (unpaired) electrons. The van der Waals surface area contributed by atoms with Crippen molar-refractivity contribution in [3.05, 3.63) is 78.8 Å². The van der Waals surface area contributed by atoms with E-state index in [2.05, 4.69) is 5.10 Å². The lowest BCUT2D eigenvalue weighted by Gasteiger charge is -2.34. The summed E-state index contributed by atoms with van der Waals surface area (Å²) in [5.74, 6) is -1.76. The number of hydrogen-bond acceptors (Lipinski definition) is 6. The highest BCUT2D eigenvalue weighted by Crippen LogP contribution is 2.24. The third kappa shape index (κ3) is 4.79. The molecule has 0 aliphatic carbocycles. The van der Waals surface area contributed by atoms with E-state index in [1.165, 1.54) is 17.4 Å². The van der Waals surface area contributed by atoms with Crippen molar-refractivity contribution in [2.24, 2.45) is 0 Å². The number of aromatic nitrogens is 2. The first-order chi connectivity index (χ1) is 15.7. The Labute approximate surface area is 193 Å². The minimum Gasteiger partial charge on any atom is -0.335 e. The van der Waals surface area contributed by atoms with Crippen LogP contribution < -0.4 is 0 Å². The third-order valence-corrected chi connectivity index (χ3v) is 6.77. The van der Waals surface area contributed by atoms with Gasteiger partial charge in [0.25, 0.3) is 5.91 Å². The molecule has 0 spiro atoms. The van der Waals surface area contributed by atoms with Gasteiger partial charge in [0.1, 0.15) is 11.4 Å². The fraction of sp³-hybridized carbons (Fsp3) is 0.364. The summed E-state index contributed by atoms with van der Waals surface area (Å²) in [5, 5.41) is 17.3. The van der Waals surface area contributed by atoms with Gasteiger partial charge in [-0.15, -0.1) is 11.3 Å². The van der Waals surface area contributed by atoms with Crippen molar-refractivity contribution in [3.8, 4) is 0 Å². The number of nitrogens with zero attached hydrogens (tertiary/aromatic N) is 5. The van der Waals surface area contributed by atoms with E-state index in [9.17, 15) is 23.7 Å². The zero-order valence-corrected chi connectivity index (χ0v) is 19.1. The van der Waals surface area contributed by atoms with E-state index >= 15 is 0 Å². The van der Waals surface area contributed by atoms with Gasteiger partial charge >= 0.3 is 5.69 Å². The Kier molecular flexibility index (Phi) is 6.52. The summed E-state index contributed by atoms with van der Waals surface area (Å²) in [5.41, 5.74) is 2.01. The maximum absolute atomic E-state index is 13.9. The van der Waals surface area contributed by atoms with Crippen molar-refractivity contribution >= 4 is 22.9 Å². The molecular weight excluding hydrogens is 452 g/mol. The topological polar surface area (TPSA) is 84.5 Å². The summed E-state index contributed by atoms with van der Waals surface area (Å²) in [7, 11) is 0. The average Bonchev–Trinajstić information content (AvgIpc) is 3.35. The largest absolute Gasteiger partial charge is 0.335 e. The van der Waals surface area contributed by atoms with E-state index in [0.29, 0.717) is 61.1 Å². The van der Waals surface area contributed by atoms with Gasteiger partial charge in [-0.25, -0.2) is 8.78 Å². The Morgan fingerprint density at radius 3 is 2.58 bits per heavy atom. The first-order valence-corrected chi connectivity index (χ1v) is 11.3. The fourth-order valence-corrected chi connectivity index (χ4v) is 4.90. The smallest absolute Gasteiger partial charge is 0.312 e. The number of benzene rings is 1. The molecule has 0 atom stereocenters. The molecule has 1 aromatic carbocycles. The van der Waals surface area contributed by atoms with Crippen molar-refractivity contribution in [3.63, 3.8) is 0 Å². The van der Waals surface area contributed by atoms with Crippen molar-refractivity contribution in [1.29, 1.82) is 0 Å². The van der Waals surface area contributed by atoms with Crippen LogP contribution in [0.2, 0.25) is 0 Å². The predicted molar refractivity (Wildman–Crippen MR) is 119 cm³/mol. The minimum absolute atomic E-state index is 0.0116. The maximum Gasteiger partial charge on any atom is 0.312 e. The normalized spacial score (nSPS) is 14.6. The van der Waals surface area contributed by atoms with Crippen molar-refractivity contribution in [1.82, 2.24) is 19.6 Å². The van der Waals surface area contributed by atoms with E-state index < -0.39 is 16.6 Å². The summed E-state index contributed by atoms with van der Waals surface area (Å²) in [6.07, 6.45) is 0. The Bertz CT molecular complexity index is 1200. The third-order valence-electron chi connectivity index (χ3n) is 5.81. The van der Waals surface area contributed by atoms with Gasteiger partial charge in [-0.2, -0.15) is 5.10 Å². The zero-order valence-electron chi connectivity index (χ0n) is 18.3. The Balaban J connectivity index is 1.36. The Hall–Kier alpha value is -3.18. The average molecular weight is 476 g/mol. The molecule has 2 aromatic heterocycles. The molecule has 3 aromatic rings. The molecule has 174 valence electrons. The summed E-state index contributed by atoms with van der Waals surface area (Å²) in [4.78, 5) is 28.0. The predicted octanol–water partition coefficient (Wildman–Crippen LogP) is 3.75. The highest BCUT2D eigenvalue weighted by molar-refractivity contribution is 7.12. The van der Waals surface area contributed by atoms with Crippen LogP contribution >= 0.6 is 11.3 Å². The monoisotopic (exact) mass is 475 g/mol. The number of carbonyl (C=O) groups is 1. The molecule has 0 bridgehead atoms. The van der Waals surface area contributed by atoms with Crippen molar-refractivity contribution < 1.29 is 18.5 Å². The standard InChI is InChI=1S/C22H23F2N5O3S/c1-14-21(29(31)32)15(2)28(25-14)11-16-10-19(33-13-16)22(30)27-8-6-26(7-9-27)12-17-4-3-5-18(23)20(17)24/h3-5,10,13H,6-9,11-12H2,1-2H3. The van der Waals surface area contributed by atoms with E-state index in [0.717, 1.165) is 11.6 Å². The lowest BCUT2D eigenvalue weighted by molar-refractivity contribution is -0.386. The molecule has 8 nitrogen and oxygen atoms in total. The second kappa shape index (κ2) is 9.36. The van der Waals surface area contributed by atoms with Gasteiger partial charge < -0.3 is 4.90 Å². The Morgan fingerprint density at radius 1 is 1.18 bits per heavy atom. The number of thiophene rings is 1. The van der Waals surface area contributed by atoms with Crippen LogP contribution in [0.15, 0.2) is 29.6 Å². The first-order valence-electron chi connectivity index (χ1n) is 10.4. The van der Waals surface area contributed by atoms with Gasteiger partial charge in [0.05, 0.1) is 16.3 Å². The van der Waals surface area contributed by atoms with Crippen LogP contribution in [0, 0.1) is 35.6 Å². The van der Waals surface area contributed by atoms with Crippen LogP contribution in [0.25, 0.3) is 0 Å². The van der Waals surface area contributed by atoms with Crippen LogP contribution in [-0.2, 0) is 13.1 Å². The molecule has 4 rings (SSSR count). The van der Waals surface area contributed by atoms with Crippen molar-refractivity contribution in [2.45, 2.75) is 26.9 Å². The highest BCUT2D eigenvalue weighted by atomic mass is 32.1. The summed E-state index contributed by atoms with van der Waals surface area (Å²) >= 11 is 1.33. The SMILES string of the molecule is Cc1nn(Cc2csc(C(=O)N3CCN(Cc4cccc(F)c4F)CC3)c2)c(C)c1[N+](=O)[O-]. The molecule has 3 heterocycles. The van der Waals surface area contributed by atoms with Gasteiger partial charge in [-0.1, -0.05) is 12.1 Å². The van der Waals surface area contributed by atoms with Crippen LogP contribution in [0.4, 0.5) is 14.5 Å². The number of piperazine rings is 1. The molecule has 0 saturated carbocycles. The first kappa shape index (κ1) is 23.0. The number of amides is 1. The van der Waals surface area contributed by atoms with E-state index in [-0.39, 0.29) is 11.6 Å². The molecule has 1 saturated heterocycles. The maximum atomic E-state index is 13.9.